The summed E-state index contributed by atoms with van der Waals surface area (Å²) in [5, 5.41) is 29.4. The number of hydrogen-bond acceptors (Lipinski definition) is 9. The number of thioether (sulfide) groups is 1. The number of amides is 1. The SMILES string of the molecule is CCCc1c(OCCCCSc2nnc(NC(=O)CC(=O)O)s2)ccc(C(C)=O)c1O. The molecule has 0 bridgehead atoms. The minimum absolute atomic E-state index is 0.00456. The molecule has 1 aromatic heterocycles. The molecule has 3 N–H and O–H groups in total. The number of Topliss-reactive ketones (excluding diaryl/α,β-unsaturated/α-hetero) is 1. The molecule has 0 aliphatic rings. The van der Waals surface area contributed by atoms with E-state index in [-0.39, 0.29) is 16.7 Å². The number of nitrogens with one attached hydrogen (secondary N) is 1. The number of benzene rings is 1. The molecule has 0 atom stereocenters. The van der Waals surface area contributed by atoms with Gasteiger partial charge >= 0.3 is 5.97 Å². The Morgan fingerprint density at radius 3 is 2.68 bits per heavy atom. The van der Waals surface area contributed by atoms with E-state index < -0.39 is 18.3 Å². The lowest BCUT2D eigenvalue weighted by Gasteiger charge is -2.14. The molecule has 0 radical (unpaired) electrons. The van der Waals surface area contributed by atoms with Crippen molar-refractivity contribution in [3.63, 3.8) is 0 Å². The number of carbonyl (C=O) groups is 3. The Morgan fingerprint density at radius 1 is 1.23 bits per heavy atom. The van der Waals surface area contributed by atoms with Gasteiger partial charge in [-0.1, -0.05) is 36.4 Å². The molecule has 1 heterocycles. The van der Waals surface area contributed by atoms with Crippen LogP contribution in [0.1, 0.15) is 55.5 Å². The van der Waals surface area contributed by atoms with Crippen LogP contribution in [-0.4, -0.2) is 50.4 Å². The summed E-state index contributed by atoms with van der Waals surface area (Å²) < 4.78 is 6.52. The van der Waals surface area contributed by atoms with Gasteiger partial charge in [0.2, 0.25) is 11.0 Å². The normalized spacial score (nSPS) is 10.6. The van der Waals surface area contributed by atoms with Gasteiger partial charge in [0.05, 0.1) is 12.2 Å². The number of ketones is 1. The van der Waals surface area contributed by atoms with Gasteiger partial charge in [-0.25, -0.2) is 0 Å². The number of aromatic nitrogens is 2. The second-order valence-electron chi connectivity index (χ2n) is 6.64. The predicted molar refractivity (Wildman–Crippen MR) is 118 cm³/mol. The molecule has 0 saturated heterocycles. The monoisotopic (exact) mass is 467 g/mol. The van der Waals surface area contributed by atoms with E-state index in [4.69, 9.17) is 9.84 Å². The first-order chi connectivity index (χ1) is 14.8. The van der Waals surface area contributed by atoms with Crippen LogP contribution in [0.5, 0.6) is 11.5 Å². The van der Waals surface area contributed by atoms with Crippen LogP contribution in [0, 0.1) is 0 Å². The molecule has 0 saturated carbocycles. The summed E-state index contributed by atoms with van der Waals surface area (Å²) in [5.41, 5.74) is 0.971. The highest BCUT2D eigenvalue weighted by Crippen LogP contribution is 2.33. The molecule has 2 aromatic rings. The minimum atomic E-state index is -1.20. The number of carbonyl (C=O) groups excluding carboxylic acids is 2. The lowest BCUT2D eigenvalue weighted by atomic mass is 10.0. The number of aromatic hydroxyl groups is 1. The number of anilines is 1. The smallest absolute Gasteiger partial charge is 0.312 e. The third-order valence-corrected chi connectivity index (χ3v) is 6.16. The van der Waals surface area contributed by atoms with Crippen LogP contribution >= 0.6 is 23.1 Å². The predicted octanol–water partition coefficient (Wildman–Crippen LogP) is 3.76. The zero-order valence-electron chi connectivity index (χ0n) is 17.3. The maximum Gasteiger partial charge on any atom is 0.312 e. The molecule has 0 spiro atoms. The number of hydrogen-bond donors (Lipinski definition) is 3. The van der Waals surface area contributed by atoms with Gasteiger partial charge < -0.3 is 14.9 Å². The van der Waals surface area contributed by atoms with Crippen molar-refractivity contribution in [3.8, 4) is 11.5 Å². The van der Waals surface area contributed by atoms with E-state index in [0.717, 1.165) is 25.0 Å². The molecule has 31 heavy (non-hydrogen) atoms. The van der Waals surface area contributed by atoms with Crippen molar-refractivity contribution >= 4 is 45.9 Å². The molecule has 168 valence electrons. The van der Waals surface area contributed by atoms with Gasteiger partial charge in [-0.15, -0.1) is 10.2 Å². The molecule has 0 unspecified atom stereocenters. The van der Waals surface area contributed by atoms with Crippen molar-refractivity contribution in [1.29, 1.82) is 0 Å². The average molecular weight is 468 g/mol. The second kappa shape index (κ2) is 12.3. The van der Waals surface area contributed by atoms with E-state index in [9.17, 15) is 19.5 Å². The number of carboxylic acids is 1. The van der Waals surface area contributed by atoms with E-state index in [2.05, 4.69) is 15.5 Å². The number of rotatable bonds is 13. The summed E-state index contributed by atoms with van der Waals surface area (Å²) >= 11 is 2.68. The maximum atomic E-state index is 11.6. The zero-order valence-corrected chi connectivity index (χ0v) is 19.0. The maximum absolute atomic E-state index is 11.6. The third kappa shape index (κ3) is 7.83. The first-order valence-corrected chi connectivity index (χ1v) is 11.6. The first-order valence-electron chi connectivity index (χ1n) is 9.78. The van der Waals surface area contributed by atoms with Gasteiger partial charge in [-0.3, -0.25) is 19.7 Å². The van der Waals surface area contributed by atoms with Gasteiger partial charge in [0.1, 0.15) is 17.9 Å². The highest BCUT2D eigenvalue weighted by molar-refractivity contribution is 8.01. The van der Waals surface area contributed by atoms with Crippen LogP contribution < -0.4 is 10.1 Å². The highest BCUT2D eigenvalue weighted by atomic mass is 32.2. The Bertz CT molecular complexity index is 932. The Balaban J connectivity index is 1.75. The second-order valence-corrected chi connectivity index (χ2v) is 8.96. The van der Waals surface area contributed by atoms with E-state index in [1.165, 1.54) is 30.0 Å². The number of unbranched alkanes of at least 4 members (excludes halogenated alkanes) is 1. The number of carboxylic acid groups (broad SMARTS) is 1. The molecule has 1 aromatic carbocycles. The standard InChI is InChI=1S/C20H25N3O6S2/c1-3-6-14-15(8-7-13(12(2)24)18(14)28)29-9-4-5-10-30-20-23-22-19(31-20)21-16(25)11-17(26)27/h7-8,28H,3-6,9-11H2,1-2H3,(H,26,27)(H,21,22,25). The lowest BCUT2D eigenvalue weighted by Crippen LogP contribution is -2.15. The van der Waals surface area contributed by atoms with Gasteiger partial charge in [0.15, 0.2) is 10.1 Å². The van der Waals surface area contributed by atoms with Crippen molar-refractivity contribution in [3.05, 3.63) is 23.3 Å². The van der Waals surface area contributed by atoms with Gasteiger partial charge in [-0.2, -0.15) is 0 Å². The largest absolute Gasteiger partial charge is 0.507 e. The Kier molecular flexibility index (Phi) is 9.73. The summed E-state index contributed by atoms with van der Waals surface area (Å²) in [6, 6.07) is 3.32. The molecule has 9 nitrogen and oxygen atoms in total. The van der Waals surface area contributed by atoms with Gasteiger partial charge in [-0.05, 0) is 38.3 Å². The van der Waals surface area contributed by atoms with Crippen LogP contribution in [-0.2, 0) is 16.0 Å². The Labute approximate surface area is 188 Å². The van der Waals surface area contributed by atoms with Crippen LogP contribution in [0.2, 0.25) is 0 Å². The van der Waals surface area contributed by atoms with E-state index in [0.29, 0.717) is 34.2 Å². The quantitative estimate of drug-likeness (QED) is 0.132. The summed E-state index contributed by atoms with van der Waals surface area (Å²) in [4.78, 5) is 33.5. The number of phenolic OH excluding ortho intramolecular Hbond substituents is 1. The van der Waals surface area contributed by atoms with Crippen molar-refractivity contribution < 1.29 is 29.3 Å². The molecule has 0 aliphatic heterocycles. The zero-order chi connectivity index (χ0) is 22.8. The van der Waals surface area contributed by atoms with E-state index >= 15 is 0 Å². The van der Waals surface area contributed by atoms with Crippen LogP contribution in [0.25, 0.3) is 0 Å². The number of phenols is 1. The summed E-state index contributed by atoms with van der Waals surface area (Å²) in [6.45, 7) is 3.90. The fourth-order valence-corrected chi connectivity index (χ4v) is 4.53. The van der Waals surface area contributed by atoms with Crippen LogP contribution in [0.15, 0.2) is 16.5 Å². The highest BCUT2D eigenvalue weighted by Gasteiger charge is 2.16. The number of ether oxygens (including phenoxy) is 1. The molecule has 0 aliphatic carbocycles. The lowest BCUT2D eigenvalue weighted by molar-refractivity contribution is -0.139. The Morgan fingerprint density at radius 2 is 2.00 bits per heavy atom. The first kappa shape index (κ1) is 24.6. The summed E-state index contributed by atoms with van der Waals surface area (Å²) in [5.74, 6) is -0.641. The van der Waals surface area contributed by atoms with Gasteiger partial charge in [0.25, 0.3) is 0 Å². The fraction of sp³-hybridized carbons (Fsp3) is 0.450. The fourth-order valence-electron chi connectivity index (χ4n) is 2.69. The minimum Gasteiger partial charge on any atom is -0.507 e. The van der Waals surface area contributed by atoms with E-state index in [1.54, 1.807) is 12.1 Å². The summed E-state index contributed by atoms with van der Waals surface area (Å²) in [7, 11) is 0. The molecular weight excluding hydrogens is 442 g/mol. The molecule has 1 amide bonds. The van der Waals surface area contributed by atoms with Crippen LogP contribution in [0.4, 0.5) is 5.13 Å². The molecule has 11 heteroatoms. The van der Waals surface area contributed by atoms with Crippen molar-refractivity contribution in [1.82, 2.24) is 10.2 Å². The molecule has 0 fully saturated rings. The summed E-state index contributed by atoms with van der Waals surface area (Å²) in [6.07, 6.45) is 2.47. The third-order valence-electron chi connectivity index (χ3n) is 4.11. The van der Waals surface area contributed by atoms with Gasteiger partial charge in [0, 0.05) is 11.3 Å². The van der Waals surface area contributed by atoms with E-state index in [1.807, 2.05) is 6.92 Å². The Hall–Kier alpha value is -2.66. The molecule has 2 rings (SSSR count). The van der Waals surface area contributed by atoms with Crippen molar-refractivity contribution in [2.75, 3.05) is 17.7 Å². The van der Waals surface area contributed by atoms with Crippen molar-refractivity contribution in [2.45, 2.75) is 50.3 Å². The van der Waals surface area contributed by atoms with Crippen LogP contribution in [0.3, 0.4) is 0 Å². The number of nitrogens with zero attached hydrogens (tertiary/aromatic N) is 2. The van der Waals surface area contributed by atoms with Crippen molar-refractivity contribution in [2.24, 2.45) is 0 Å². The topological polar surface area (TPSA) is 139 Å². The number of aliphatic carboxylic acids is 1. The average Bonchev–Trinajstić information content (AvgIpc) is 3.13. The molecular formula is C20H25N3O6S2.